The van der Waals surface area contributed by atoms with Crippen LogP contribution in [-0.4, -0.2) is 31.5 Å². The second kappa shape index (κ2) is 8.08. The van der Waals surface area contributed by atoms with E-state index in [1.165, 1.54) is 0 Å². The van der Waals surface area contributed by atoms with Gasteiger partial charge >= 0.3 is 0 Å². The third-order valence-electron chi connectivity index (χ3n) is 1.66. The van der Waals surface area contributed by atoms with Crippen LogP contribution in [0.15, 0.2) is 4.99 Å². The number of rotatable bonds is 6. The van der Waals surface area contributed by atoms with Crippen LogP contribution < -0.4 is 16.4 Å². The summed E-state index contributed by atoms with van der Waals surface area (Å²) in [6, 6.07) is 0. The van der Waals surface area contributed by atoms with Gasteiger partial charge < -0.3 is 16.4 Å². The maximum Gasteiger partial charge on any atom is 0.221 e. The summed E-state index contributed by atoms with van der Waals surface area (Å²) in [7, 11) is 0. The van der Waals surface area contributed by atoms with Crippen LogP contribution in [0.4, 0.5) is 0 Å². The minimum absolute atomic E-state index is 0.0293. The molecule has 0 saturated heterocycles. The summed E-state index contributed by atoms with van der Waals surface area (Å²) >= 11 is 0. The summed E-state index contributed by atoms with van der Waals surface area (Å²) in [5.41, 5.74) is 5.59. The highest BCUT2D eigenvalue weighted by molar-refractivity contribution is 5.79. The molecule has 0 aliphatic rings. The first kappa shape index (κ1) is 13.7. The molecule has 0 unspecified atom stereocenters. The SMILES string of the molecule is CCNC(=O)CCNC(N)=NCC(C)C. The average Bonchev–Trinajstić information content (AvgIpc) is 2.15. The molecule has 0 saturated carbocycles. The summed E-state index contributed by atoms with van der Waals surface area (Å²) in [5.74, 6) is 0.934. The van der Waals surface area contributed by atoms with Gasteiger partial charge in [-0.1, -0.05) is 13.8 Å². The number of nitrogens with zero attached hydrogens (tertiary/aromatic N) is 1. The summed E-state index contributed by atoms with van der Waals surface area (Å²) in [4.78, 5) is 15.2. The van der Waals surface area contributed by atoms with E-state index in [4.69, 9.17) is 5.73 Å². The Morgan fingerprint density at radius 2 is 2.07 bits per heavy atom. The van der Waals surface area contributed by atoms with E-state index in [-0.39, 0.29) is 5.91 Å². The molecule has 0 bridgehead atoms. The Balaban J connectivity index is 3.58. The fourth-order valence-corrected chi connectivity index (χ4v) is 0.926. The lowest BCUT2D eigenvalue weighted by Gasteiger charge is -2.06. The molecule has 5 nitrogen and oxygen atoms in total. The van der Waals surface area contributed by atoms with Gasteiger partial charge in [0.1, 0.15) is 0 Å². The number of carbonyl (C=O) groups is 1. The highest BCUT2D eigenvalue weighted by Crippen LogP contribution is 1.90. The minimum Gasteiger partial charge on any atom is -0.370 e. The van der Waals surface area contributed by atoms with Crippen molar-refractivity contribution in [2.45, 2.75) is 27.2 Å². The van der Waals surface area contributed by atoms with E-state index in [9.17, 15) is 4.79 Å². The Hall–Kier alpha value is -1.26. The highest BCUT2D eigenvalue weighted by atomic mass is 16.1. The molecule has 15 heavy (non-hydrogen) atoms. The van der Waals surface area contributed by atoms with Crippen LogP contribution >= 0.6 is 0 Å². The second-order valence-electron chi connectivity index (χ2n) is 3.75. The molecule has 0 aliphatic heterocycles. The standard InChI is InChI=1S/C10H22N4O/c1-4-12-9(15)5-6-13-10(11)14-7-8(2)3/h8H,4-7H2,1-3H3,(H,12,15)(H3,11,13,14). The molecule has 0 fully saturated rings. The molecule has 0 aromatic heterocycles. The molecule has 0 radical (unpaired) electrons. The number of hydrogen-bond acceptors (Lipinski definition) is 2. The Bertz CT molecular complexity index is 213. The molecular formula is C10H22N4O. The average molecular weight is 214 g/mol. The molecular weight excluding hydrogens is 192 g/mol. The fourth-order valence-electron chi connectivity index (χ4n) is 0.926. The first-order valence-electron chi connectivity index (χ1n) is 5.36. The number of guanidine groups is 1. The zero-order chi connectivity index (χ0) is 11.7. The van der Waals surface area contributed by atoms with E-state index in [2.05, 4.69) is 29.5 Å². The van der Waals surface area contributed by atoms with E-state index in [1.54, 1.807) is 0 Å². The lowest BCUT2D eigenvalue weighted by molar-refractivity contribution is -0.120. The van der Waals surface area contributed by atoms with Crippen molar-refractivity contribution >= 4 is 11.9 Å². The number of amides is 1. The van der Waals surface area contributed by atoms with Gasteiger partial charge in [0.2, 0.25) is 5.91 Å². The lowest BCUT2D eigenvalue weighted by Crippen LogP contribution is -2.35. The first-order valence-corrected chi connectivity index (χ1v) is 5.36. The van der Waals surface area contributed by atoms with Gasteiger partial charge in [-0.25, -0.2) is 0 Å². The second-order valence-corrected chi connectivity index (χ2v) is 3.75. The smallest absolute Gasteiger partial charge is 0.221 e. The zero-order valence-electron chi connectivity index (χ0n) is 9.84. The molecule has 0 atom stereocenters. The first-order chi connectivity index (χ1) is 7.06. The van der Waals surface area contributed by atoms with Crippen LogP contribution in [0.3, 0.4) is 0 Å². The highest BCUT2D eigenvalue weighted by Gasteiger charge is 1.99. The van der Waals surface area contributed by atoms with Gasteiger partial charge in [-0.3, -0.25) is 9.79 Å². The van der Waals surface area contributed by atoms with Crippen LogP contribution in [-0.2, 0) is 4.79 Å². The maximum absolute atomic E-state index is 11.1. The topological polar surface area (TPSA) is 79.5 Å². The van der Waals surface area contributed by atoms with E-state index < -0.39 is 0 Å². The lowest BCUT2D eigenvalue weighted by atomic mass is 10.2. The van der Waals surface area contributed by atoms with Gasteiger partial charge in [-0.2, -0.15) is 0 Å². The van der Waals surface area contributed by atoms with Crippen LogP contribution in [0.2, 0.25) is 0 Å². The van der Waals surface area contributed by atoms with Crippen molar-refractivity contribution in [3.05, 3.63) is 0 Å². The summed E-state index contributed by atoms with van der Waals surface area (Å²) < 4.78 is 0. The number of hydrogen-bond donors (Lipinski definition) is 3. The van der Waals surface area contributed by atoms with Crippen molar-refractivity contribution in [3.8, 4) is 0 Å². The molecule has 0 aromatic rings. The van der Waals surface area contributed by atoms with E-state index in [0.29, 0.717) is 37.9 Å². The van der Waals surface area contributed by atoms with Crippen LogP contribution in [0.25, 0.3) is 0 Å². The Morgan fingerprint density at radius 3 is 2.60 bits per heavy atom. The normalized spacial score (nSPS) is 11.6. The number of nitrogens with one attached hydrogen (secondary N) is 2. The molecule has 0 heterocycles. The zero-order valence-corrected chi connectivity index (χ0v) is 9.84. The Labute approximate surface area is 91.5 Å². The van der Waals surface area contributed by atoms with Gasteiger partial charge in [0.15, 0.2) is 5.96 Å². The largest absolute Gasteiger partial charge is 0.370 e. The number of nitrogens with two attached hydrogens (primary N) is 1. The van der Waals surface area contributed by atoms with Crippen LogP contribution in [0, 0.1) is 5.92 Å². The molecule has 0 aliphatic carbocycles. The van der Waals surface area contributed by atoms with Crippen molar-refractivity contribution in [2.75, 3.05) is 19.6 Å². The molecule has 88 valence electrons. The van der Waals surface area contributed by atoms with Gasteiger partial charge in [0.05, 0.1) is 0 Å². The summed E-state index contributed by atoms with van der Waals surface area (Å²) in [6.07, 6.45) is 0.422. The minimum atomic E-state index is 0.0293. The van der Waals surface area contributed by atoms with E-state index >= 15 is 0 Å². The fraction of sp³-hybridized carbons (Fsp3) is 0.800. The van der Waals surface area contributed by atoms with Gasteiger partial charge in [-0.05, 0) is 12.8 Å². The molecule has 1 amide bonds. The van der Waals surface area contributed by atoms with Crippen molar-refractivity contribution in [1.82, 2.24) is 10.6 Å². The third kappa shape index (κ3) is 9.05. The number of carbonyl (C=O) groups excluding carboxylic acids is 1. The van der Waals surface area contributed by atoms with Crippen LogP contribution in [0.5, 0.6) is 0 Å². The molecule has 5 heteroatoms. The Morgan fingerprint density at radius 1 is 1.40 bits per heavy atom. The quantitative estimate of drug-likeness (QED) is 0.432. The van der Waals surface area contributed by atoms with E-state index in [0.717, 1.165) is 0 Å². The molecule has 0 spiro atoms. The van der Waals surface area contributed by atoms with Crippen molar-refractivity contribution in [2.24, 2.45) is 16.6 Å². The van der Waals surface area contributed by atoms with Crippen molar-refractivity contribution < 1.29 is 4.79 Å². The predicted octanol–water partition coefficient (Wildman–Crippen LogP) is 0.0729. The van der Waals surface area contributed by atoms with Gasteiger partial charge in [0.25, 0.3) is 0 Å². The third-order valence-corrected chi connectivity index (χ3v) is 1.66. The van der Waals surface area contributed by atoms with Crippen LogP contribution in [0.1, 0.15) is 27.2 Å². The van der Waals surface area contributed by atoms with Gasteiger partial charge in [-0.15, -0.1) is 0 Å². The summed E-state index contributed by atoms with van der Waals surface area (Å²) in [5, 5.41) is 5.60. The van der Waals surface area contributed by atoms with E-state index in [1.807, 2.05) is 6.92 Å². The predicted molar refractivity (Wildman–Crippen MR) is 62.6 cm³/mol. The monoisotopic (exact) mass is 214 g/mol. The number of aliphatic imine (C=N–C) groups is 1. The molecule has 4 N–H and O–H groups in total. The van der Waals surface area contributed by atoms with Gasteiger partial charge in [0, 0.05) is 26.1 Å². The van der Waals surface area contributed by atoms with Crippen molar-refractivity contribution in [1.29, 1.82) is 0 Å². The maximum atomic E-state index is 11.1. The molecule has 0 aromatic carbocycles. The summed E-state index contributed by atoms with van der Waals surface area (Å²) in [6.45, 7) is 7.94. The molecule has 0 rings (SSSR count). The van der Waals surface area contributed by atoms with Crippen molar-refractivity contribution in [3.63, 3.8) is 0 Å². The Kier molecular flexibility index (Phi) is 7.40.